The number of benzene rings is 2. The Kier molecular flexibility index (Phi) is 6.48. The summed E-state index contributed by atoms with van der Waals surface area (Å²) in [6.07, 6.45) is -1.30. The van der Waals surface area contributed by atoms with Crippen LogP contribution < -0.4 is 15.4 Å². The Bertz CT molecular complexity index is 1230. The minimum Gasteiger partial charge on any atom is -0.493 e. The highest BCUT2D eigenvalue weighted by atomic mass is 19.4. The molecule has 3 N–H and O–H groups in total. The van der Waals surface area contributed by atoms with E-state index in [9.17, 15) is 27.9 Å². The van der Waals surface area contributed by atoms with Crippen LogP contribution in [0, 0.1) is 0 Å². The number of carbonyl (C=O) groups is 2. The van der Waals surface area contributed by atoms with Gasteiger partial charge in [0.05, 0.1) is 24.3 Å². The lowest BCUT2D eigenvalue weighted by Gasteiger charge is -2.31. The van der Waals surface area contributed by atoms with Crippen LogP contribution in [0.4, 0.5) is 24.5 Å². The third kappa shape index (κ3) is 5.10. The molecule has 0 aliphatic carbocycles. The molecule has 0 saturated carbocycles. The zero-order valence-electron chi connectivity index (χ0n) is 19.4. The molecule has 36 heavy (non-hydrogen) atoms. The third-order valence-corrected chi connectivity index (χ3v) is 6.79. The number of carbonyl (C=O) groups excluding carboxylic acids is 2. The van der Waals surface area contributed by atoms with Crippen LogP contribution in [0.15, 0.2) is 42.5 Å². The van der Waals surface area contributed by atoms with Gasteiger partial charge < -0.3 is 20.5 Å². The van der Waals surface area contributed by atoms with E-state index >= 15 is 0 Å². The summed E-state index contributed by atoms with van der Waals surface area (Å²) < 4.78 is 44.8. The summed E-state index contributed by atoms with van der Waals surface area (Å²) in [4.78, 5) is 27.4. The molecule has 190 valence electrons. The number of rotatable bonds is 3. The van der Waals surface area contributed by atoms with Crippen LogP contribution in [0.3, 0.4) is 0 Å². The molecule has 1 unspecified atom stereocenters. The Morgan fingerprint density at radius 3 is 2.81 bits per heavy atom. The molecule has 1 saturated heterocycles. The first-order valence-corrected chi connectivity index (χ1v) is 11.9. The van der Waals surface area contributed by atoms with Crippen LogP contribution in [-0.4, -0.2) is 53.7 Å². The van der Waals surface area contributed by atoms with Crippen molar-refractivity contribution in [2.24, 2.45) is 0 Å². The zero-order chi connectivity index (χ0) is 25.4. The summed E-state index contributed by atoms with van der Waals surface area (Å²) in [5.41, 5.74) is 2.30. The highest BCUT2D eigenvalue weighted by Gasteiger charge is 2.35. The molecule has 2 aromatic carbocycles. The number of aliphatic hydroxyl groups excluding tert-OH is 1. The Morgan fingerprint density at radius 1 is 1.22 bits per heavy atom. The molecule has 10 heteroatoms. The quantitative estimate of drug-likeness (QED) is 0.557. The summed E-state index contributed by atoms with van der Waals surface area (Å²) in [5.74, 6) is -0.461. The number of hydrogen-bond acceptors (Lipinski definition) is 5. The molecule has 3 aliphatic rings. The molecule has 0 spiro atoms. The molecule has 1 fully saturated rings. The lowest BCUT2D eigenvalue weighted by Crippen LogP contribution is -2.47. The number of likely N-dealkylation sites (tertiary alicyclic amines) is 1. The fraction of sp³-hybridized carbons (Fsp3) is 0.385. The van der Waals surface area contributed by atoms with E-state index in [1.165, 1.54) is 12.1 Å². The number of nitrogens with one attached hydrogen (secondary N) is 2. The summed E-state index contributed by atoms with van der Waals surface area (Å²) >= 11 is 0. The number of halogens is 3. The standard InChI is InChI=1S/C26H26F3N3O4/c27-26(28,29)17-4-6-20-15(2-1-9-36-23(20)12-17)11-24(34)30-18-5-3-16-10-22(25(35)31-21(16)13-18)32-8-7-19(33)14-32/h3-6,11-13,19,22,33H,1-2,7-10,14H2,(H,30,34)(H,31,35)/t19-,22?/m0/s1. The summed E-state index contributed by atoms with van der Waals surface area (Å²) in [7, 11) is 0. The fourth-order valence-electron chi connectivity index (χ4n) is 4.96. The van der Waals surface area contributed by atoms with Crippen LogP contribution in [0.25, 0.3) is 5.57 Å². The van der Waals surface area contributed by atoms with E-state index in [2.05, 4.69) is 10.6 Å². The second-order valence-corrected chi connectivity index (χ2v) is 9.34. The first-order valence-electron chi connectivity index (χ1n) is 11.9. The van der Waals surface area contributed by atoms with Crippen LogP contribution in [0.1, 0.15) is 36.0 Å². The molecule has 0 radical (unpaired) electrons. The van der Waals surface area contributed by atoms with Crippen molar-refractivity contribution in [3.05, 3.63) is 59.2 Å². The highest BCUT2D eigenvalue weighted by Crippen LogP contribution is 2.38. The minimum absolute atomic E-state index is 0.109. The first-order chi connectivity index (χ1) is 17.2. The number of ether oxygens (including phenoxy) is 1. The molecule has 7 nitrogen and oxygen atoms in total. The van der Waals surface area contributed by atoms with Crippen molar-refractivity contribution >= 4 is 28.8 Å². The molecule has 5 rings (SSSR count). The normalized spacial score (nSPS) is 23.3. The van der Waals surface area contributed by atoms with Crippen LogP contribution in [0.2, 0.25) is 0 Å². The number of alkyl halides is 3. The number of fused-ring (bicyclic) bond motifs is 2. The second-order valence-electron chi connectivity index (χ2n) is 9.34. The number of aliphatic hydroxyl groups is 1. The number of hydrogen-bond donors (Lipinski definition) is 3. The van der Waals surface area contributed by atoms with Gasteiger partial charge in [0.2, 0.25) is 11.8 Å². The lowest BCUT2D eigenvalue weighted by molar-refractivity contribution is -0.137. The number of allylic oxidation sites excluding steroid dienone is 1. The maximum Gasteiger partial charge on any atom is 0.416 e. The number of amides is 2. The van der Waals surface area contributed by atoms with E-state index in [1.807, 2.05) is 11.0 Å². The molecule has 3 aliphatic heterocycles. The van der Waals surface area contributed by atoms with Crippen molar-refractivity contribution in [3.63, 3.8) is 0 Å². The molecule has 2 amide bonds. The average molecular weight is 502 g/mol. The van der Waals surface area contributed by atoms with Gasteiger partial charge in [0.1, 0.15) is 5.75 Å². The SMILES string of the molecule is O=C(C=C1CCCOc2cc(C(F)(F)F)ccc21)Nc1ccc2c(c1)NC(=O)C(N1CC[C@H](O)C1)C2. The molecular weight excluding hydrogens is 475 g/mol. The van der Waals surface area contributed by atoms with Crippen LogP contribution in [-0.2, 0) is 22.2 Å². The first kappa shape index (κ1) is 24.3. The van der Waals surface area contributed by atoms with E-state index < -0.39 is 23.8 Å². The van der Waals surface area contributed by atoms with Gasteiger partial charge in [0, 0.05) is 36.1 Å². The van der Waals surface area contributed by atoms with Gasteiger partial charge in [-0.25, -0.2) is 0 Å². The predicted octanol–water partition coefficient (Wildman–Crippen LogP) is 3.83. The highest BCUT2D eigenvalue weighted by molar-refractivity contribution is 6.05. The number of β-amino-alcohol motifs (C(OH)–C–C–N with tert-alkyl or cyclic N) is 1. The maximum absolute atomic E-state index is 13.1. The average Bonchev–Trinajstić information content (AvgIpc) is 3.15. The smallest absolute Gasteiger partial charge is 0.416 e. The van der Waals surface area contributed by atoms with E-state index in [1.54, 1.807) is 12.1 Å². The maximum atomic E-state index is 13.1. The third-order valence-electron chi connectivity index (χ3n) is 6.79. The molecule has 0 bridgehead atoms. The molecule has 3 heterocycles. The minimum atomic E-state index is -4.48. The molecule has 2 atom stereocenters. The van der Waals surface area contributed by atoms with Crippen molar-refractivity contribution in [1.29, 1.82) is 0 Å². The van der Waals surface area contributed by atoms with Gasteiger partial charge in [-0.1, -0.05) is 12.1 Å². The van der Waals surface area contributed by atoms with Gasteiger partial charge in [0.15, 0.2) is 0 Å². The van der Waals surface area contributed by atoms with Gasteiger partial charge in [-0.2, -0.15) is 13.2 Å². The van der Waals surface area contributed by atoms with Gasteiger partial charge in [-0.05, 0) is 61.1 Å². The predicted molar refractivity (Wildman–Crippen MR) is 128 cm³/mol. The fourth-order valence-corrected chi connectivity index (χ4v) is 4.96. The van der Waals surface area contributed by atoms with Crippen molar-refractivity contribution in [2.45, 2.75) is 44.0 Å². The van der Waals surface area contributed by atoms with Gasteiger partial charge in [-0.15, -0.1) is 0 Å². The summed E-state index contributed by atoms with van der Waals surface area (Å²) in [6, 6.07) is 8.25. The van der Waals surface area contributed by atoms with E-state index in [0.29, 0.717) is 61.3 Å². The monoisotopic (exact) mass is 501 g/mol. The molecular formula is C26H26F3N3O4. The van der Waals surface area contributed by atoms with E-state index in [4.69, 9.17) is 4.74 Å². The number of anilines is 2. The Balaban J connectivity index is 1.31. The lowest BCUT2D eigenvalue weighted by atomic mass is 9.97. The molecule has 0 aromatic heterocycles. The van der Waals surface area contributed by atoms with E-state index in [0.717, 1.165) is 17.7 Å². The Hall–Kier alpha value is -3.37. The van der Waals surface area contributed by atoms with E-state index in [-0.39, 0.29) is 24.3 Å². The van der Waals surface area contributed by atoms with Gasteiger partial charge in [-0.3, -0.25) is 14.5 Å². The van der Waals surface area contributed by atoms with Crippen molar-refractivity contribution in [2.75, 3.05) is 30.3 Å². The topological polar surface area (TPSA) is 90.9 Å². The summed E-state index contributed by atoms with van der Waals surface area (Å²) in [5, 5.41) is 15.5. The zero-order valence-corrected chi connectivity index (χ0v) is 19.4. The molecule has 2 aromatic rings. The Labute approximate surface area is 205 Å². The second kappa shape index (κ2) is 9.59. The Morgan fingerprint density at radius 2 is 2.06 bits per heavy atom. The van der Waals surface area contributed by atoms with Gasteiger partial charge >= 0.3 is 6.18 Å². The summed E-state index contributed by atoms with van der Waals surface area (Å²) in [6.45, 7) is 1.40. The van der Waals surface area contributed by atoms with Crippen molar-refractivity contribution in [1.82, 2.24) is 4.90 Å². The van der Waals surface area contributed by atoms with Crippen LogP contribution >= 0.6 is 0 Å². The van der Waals surface area contributed by atoms with Crippen LogP contribution in [0.5, 0.6) is 5.75 Å². The number of nitrogens with zero attached hydrogens (tertiary/aromatic N) is 1. The van der Waals surface area contributed by atoms with Crippen molar-refractivity contribution < 1.29 is 32.6 Å². The largest absolute Gasteiger partial charge is 0.493 e. The van der Waals surface area contributed by atoms with Gasteiger partial charge in [0.25, 0.3) is 0 Å². The van der Waals surface area contributed by atoms with Crippen molar-refractivity contribution in [3.8, 4) is 5.75 Å².